The third-order valence-corrected chi connectivity index (χ3v) is 3.66. The fourth-order valence-corrected chi connectivity index (χ4v) is 2.95. The van der Waals surface area contributed by atoms with Crippen LogP contribution < -0.4 is 10.1 Å². The molecule has 4 nitrogen and oxygen atoms in total. The van der Waals surface area contributed by atoms with Crippen molar-refractivity contribution in [2.75, 3.05) is 25.7 Å². The van der Waals surface area contributed by atoms with Crippen LogP contribution in [0.4, 0.5) is 0 Å². The monoisotopic (exact) mass is 271 g/mol. The summed E-state index contributed by atoms with van der Waals surface area (Å²) in [6.07, 6.45) is 1.91. The number of para-hydroxylation sites is 1. The Morgan fingerprint density at radius 3 is 2.56 bits per heavy atom. The Labute approximate surface area is 109 Å². The van der Waals surface area contributed by atoms with Gasteiger partial charge in [0, 0.05) is 12.3 Å². The van der Waals surface area contributed by atoms with Crippen molar-refractivity contribution in [3.8, 4) is 5.75 Å². The molecule has 0 bridgehead atoms. The maximum Gasteiger partial charge on any atom is 0.148 e. The third kappa shape index (κ3) is 5.06. The second-order valence-electron chi connectivity index (χ2n) is 4.36. The number of methoxy groups -OCH3 is 1. The van der Waals surface area contributed by atoms with E-state index in [-0.39, 0.29) is 11.8 Å². The molecule has 0 saturated heterocycles. The summed E-state index contributed by atoms with van der Waals surface area (Å²) >= 11 is 0. The fourth-order valence-electron chi connectivity index (χ4n) is 1.98. The van der Waals surface area contributed by atoms with Crippen molar-refractivity contribution in [3.63, 3.8) is 0 Å². The second-order valence-corrected chi connectivity index (χ2v) is 6.55. The van der Waals surface area contributed by atoms with Gasteiger partial charge < -0.3 is 10.1 Å². The first-order valence-corrected chi connectivity index (χ1v) is 8.05. The SMILES string of the molecule is CCNC(Cc1ccccc1OC)CS(C)(=O)=O. The van der Waals surface area contributed by atoms with Crippen molar-refractivity contribution in [1.82, 2.24) is 5.32 Å². The highest BCUT2D eigenvalue weighted by Crippen LogP contribution is 2.19. The van der Waals surface area contributed by atoms with Gasteiger partial charge in [0.05, 0.1) is 12.9 Å². The van der Waals surface area contributed by atoms with E-state index >= 15 is 0 Å². The first-order chi connectivity index (χ1) is 8.46. The standard InChI is InChI=1S/C13H21NO3S/c1-4-14-12(10-18(3,15)16)9-11-7-5-6-8-13(11)17-2/h5-8,12,14H,4,9-10H2,1-3H3. The molecule has 1 aromatic rings. The highest BCUT2D eigenvalue weighted by atomic mass is 32.2. The van der Waals surface area contributed by atoms with Crippen LogP contribution in [0, 0.1) is 0 Å². The summed E-state index contributed by atoms with van der Waals surface area (Å²) in [5, 5.41) is 3.20. The van der Waals surface area contributed by atoms with Crippen LogP contribution in [0.1, 0.15) is 12.5 Å². The van der Waals surface area contributed by atoms with E-state index in [1.54, 1.807) is 7.11 Å². The Morgan fingerprint density at radius 1 is 1.33 bits per heavy atom. The summed E-state index contributed by atoms with van der Waals surface area (Å²) in [7, 11) is -1.37. The normalized spacial score (nSPS) is 13.3. The molecule has 0 aliphatic carbocycles. The predicted octanol–water partition coefficient (Wildman–Crippen LogP) is 1.26. The van der Waals surface area contributed by atoms with Gasteiger partial charge in [0.15, 0.2) is 0 Å². The van der Waals surface area contributed by atoms with E-state index in [1.807, 2.05) is 31.2 Å². The first-order valence-electron chi connectivity index (χ1n) is 5.99. The Morgan fingerprint density at radius 2 is 2.00 bits per heavy atom. The quantitative estimate of drug-likeness (QED) is 0.811. The topological polar surface area (TPSA) is 55.4 Å². The van der Waals surface area contributed by atoms with Crippen LogP contribution in [0.25, 0.3) is 0 Å². The zero-order valence-corrected chi connectivity index (χ0v) is 12.0. The molecule has 0 fully saturated rings. The lowest BCUT2D eigenvalue weighted by Crippen LogP contribution is -2.37. The molecule has 0 amide bonds. The molecular weight excluding hydrogens is 250 g/mol. The lowest BCUT2D eigenvalue weighted by molar-refractivity contribution is 0.406. The van der Waals surface area contributed by atoms with Crippen LogP contribution in [0.5, 0.6) is 5.75 Å². The van der Waals surface area contributed by atoms with Gasteiger partial charge in [-0.1, -0.05) is 25.1 Å². The molecule has 1 N–H and O–H groups in total. The van der Waals surface area contributed by atoms with Crippen LogP contribution >= 0.6 is 0 Å². The highest BCUT2D eigenvalue weighted by Gasteiger charge is 2.16. The van der Waals surface area contributed by atoms with Crippen LogP contribution in [0.3, 0.4) is 0 Å². The molecule has 1 aromatic carbocycles. The molecule has 0 radical (unpaired) electrons. The van der Waals surface area contributed by atoms with E-state index in [0.29, 0.717) is 6.42 Å². The average Bonchev–Trinajstić information content (AvgIpc) is 2.28. The van der Waals surface area contributed by atoms with Crippen molar-refractivity contribution < 1.29 is 13.2 Å². The van der Waals surface area contributed by atoms with E-state index in [2.05, 4.69) is 5.32 Å². The number of rotatable bonds is 7. The lowest BCUT2D eigenvalue weighted by atomic mass is 10.1. The molecule has 18 heavy (non-hydrogen) atoms. The first kappa shape index (κ1) is 15.0. The summed E-state index contributed by atoms with van der Waals surface area (Å²) in [6, 6.07) is 7.61. The number of hydrogen-bond acceptors (Lipinski definition) is 4. The van der Waals surface area contributed by atoms with E-state index < -0.39 is 9.84 Å². The third-order valence-electron chi connectivity index (χ3n) is 2.66. The minimum atomic E-state index is -2.99. The number of nitrogens with one attached hydrogen (secondary N) is 1. The van der Waals surface area contributed by atoms with Gasteiger partial charge in [-0.3, -0.25) is 0 Å². The van der Waals surface area contributed by atoms with Crippen molar-refractivity contribution >= 4 is 9.84 Å². The minimum Gasteiger partial charge on any atom is -0.496 e. The molecule has 1 atom stereocenters. The predicted molar refractivity (Wildman–Crippen MR) is 73.9 cm³/mol. The van der Waals surface area contributed by atoms with Gasteiger partial charge in [0.25, 0.3) is 0 Å². The molecule has 102 valence electrons. The van der Waals surface area contributed by atoms with Crippen LogP contribution in [0.2, 0.25) is 0 Å². The minimum absolute atomic E-state index is 0.0821. The van der Waals surface area contributed by atoms with Crippen LogP contribution in [-0.4, -0.2) is 40.1 Å². The summed E-state index contributed by atoms with van der Waals surface area (Å²) in [5.74, 6) is 0.938. The Kier molecular flexibility index (Phi) is 5.62. The summed E-state index contributed by atoms with van der Waals surface area (Å²) in [5.41, 5.74) is 1.02. The maximum absolute atomic E-state index is 11.4. The molecule has 1 rings (SSSR count). The van der Waals surface area contributed by atoms with Gasteiger partial charge in [-0.05, 0) is 24.6 Å². The van der Waals surface area contributed by atoms with Crippen LogP contribution in [-0.2, 0) is 16.3 Å². The second kappa shape index (κ2) is 6.75. The van der Waals surface area contributed by atoms with Gasteiger partial charge >= 0.3 is 0 Å². The zero-order chi connectivity index (χ0) is 13.6. The average molecular weight is 271 g/mol. The molecule has 0 saturated carbocycles. The highest BCUT2D eigenvalue weighted by molar-refractivity contribution is 7.90. The van der Waals surface area contributed by atoms with Crippen molar-refractivity contribution in [1.29, 1.82) is 0 Å². The van der Waals surface area contributed by atoms with Crippen molar-refractivity contribution in [2.24, 2.45) is 0 Å². The Bertz CT molecular complexity index is 471. The number of sulfone groups is 1. The molecule has 0 aliphatic heterocycles. The van der Waals surface area contributed by atoms with E-state index in [0.717, 1.165) is 17.9 Å². The Hall–Kier alpha value is -1.07. The zero-order valence-electron chi connectivity index (χ0n) is 11.1. The van der Waals surface area contributed by atoms with Gasteiger partial charge in [-0.2, -0.15) is 0 Å². The summed E-state index contributed by atoms with van der Waals surface area (Å²) in [6.45, 7) is 2.72. The molecule has 0 aromatic heterocycles. The molecule has 0 spiro atoms. The van der Waals surface area contributed by atoms with E-state index in [9.17, 15) is 8.42 Å². The molecule has 1 unspecified atom stereocenters. The number of hydrogen-bond donors (Lipinski definition) is 1. The molecule has 5 heteroatoms. The van der Waals surface area contributed by atoms with Gasteiger partial charge in [0.1, 0.15) is 15.6 Å². The number of likely N-dealkylation sites (N-methyl/N-ethyl adjacent to an activating group) is 1. The number of ether oxygens (including phenoxy) is 1. The van der Waals surface area contributed by atoms with Crippen LogP contribution in [0.15, 0.2) is 24.3 Å². The maximum atomic E-state index is 11.4. The smallest absolute Gasteiger partial charge is 0.148 e. The summed E-state index contributed by atoms with van der Waals surface area (Å²) in [4.78, 5) is 0. The van der Waals surface area contributed by atoms with Gasteiger partial charge in [-0.15, -0.1) is 0 Å². The van der Waals surface area contributed by atoms with Crippen molar-refractivity contribution in [2.45, 2.75) is 19.4 Å². The Balaban J connectivity index is 2.82. The van der Waals surface area contributed by atoms with Gasteiger partial charge in [0.2, 0.25) is 0 Å². The van der Waals surface area contributed by atoms with E-state index in [1.165, 1.54) is 6.26 Å². The molecular formula is C13H21NO3S. The summed E-state index contributed by atoms with van der Waals surface area (Å²) < 4.78 is 28.1. The molecule has 0 heterocycles. The largest absolute Gasteiger partial charge is 0.496 e. The van der Waals surface area contributed by atoms with Crippen molar-refractivity contribution in [3.05, 3.63) is 29.8 Å². The number of benzene rings is 1. The fraction of sp³-hybridized carbons (Fsp3) is 0.538. The van der Waals surface area contributed by atoms with Gasteiger partial charge in [-0.25, -0.2) is 8.42 Å². The lowest BCUT2D eigenvalue weighted by Gasteiger charge is -2.18. The van der Waals surface area contributed by atoms with E-state index in [4.69, 9.17) is 4.74 Å². The molecule has 0 aliphatic rings.